The van der Waals surface area contributed by atoms with E-state index in [1.165, 1.54) is 41.8 Å². The van der Waals surface area contributed by atoms with Crippen molar-refractivity contribution in [1.29, 1.82) is 0 Å². The number of nitrogens with zero attached hydrogens (tertiary/aromatic N) is 5. The van der Waals surface area contributed by atoms with Crippen molar-refractivity contribution in [3.8, 4) is 11.8 Å². The molecule has 1 saturated heterocycles. The van der Waals surface area contributed by atoms with E-state index in [2.05, 4.69) is 32.3 Å². The molecule has 1 aliphatic rings. The van der Waals surface area contributed by atoms with Gasteiger partial charge in [-0.3, -0.25) is 18.9 Å². The van der Waals surface area contributed by atoms with Gasteiger partial charge >= 0.3 is 6.18 Å². The molecule has 0 saturated carbocycles. The van der Waals surface area contributed by atoms with Gasteiger partial charge in [-0.15, -0.1) is 10.2 Å². The summed E-state index contributed by atoms with van der Waals surface area (Å²) in [6.07, 6.45) is -3.12. The van der Waals surface area contributed by atoms with Gasteiger partial charge in [0.15, 0.2) is 11.4 Å². The number of carbonyl (C=O) groups is 2. The third kappa shape index (κ3) is 6.48. The van der Waals surface area contributed by atoms with Crippen LogP contribution >= 0.6 is 0 Å². The van der Waals surface area contributed by atoms with Crippen molar-refractivity contribution in [2.24, 2.45) is 0 Å². The minimum atomic E-state index is -4.64. The largest absolute Gasteiger partial charge is 0.416 e. The number of pyridine rings is 1. The highest BCUT2D eigenvalue weighted by atomic mass is 19.4. The molecule has 5 rings (SSSR count). The third-order valence-electron chi connectivity index (χ3n) is 7.01. The number of carbonyl (C=O) groups excluding carboxylic acids is 2. The predicted octanol–water partition coefficient (Wildman–Crippen LogP) is 4.49. The molecule has 0 unspecified atom stereocenters. The lowest BCUT2D eigenvalue weighted by molar-refractivity contribution is -0.138. The van der Waals surface area contributed by atoms with Crippen LogP contribution in [0.3, 0.4) is 0 Å². The number of piperazine rings is 1. The standard InChI is InChI=1S/C30H26F4N6O2/c1-19(41)22-6-10-28-37-36-27(40(28)18-22)9-5-20-15-24(7-8-26(20)31)35-29(42)21-3-4-23(25(16-21)30(32,33)34)17-39-13-11-38(2)12-14-39/h3-4,6-8,10,15-16,18H,11-14,17H2,1-2H3,(H,35,42). The average Bonchev–Trinajstić information content (AvgIpc) is 3.36. The van der Waals surface area contributed by atoms with Crippen LogP contribution < -0.4 is 5.32 Å². The summed E-state index contributed by atoms with van der Waals surface area (Å²) in [6, 6.07) is 10.4. The summed E-state index contributed by atoms with van der Waals surface area (Å²) >= 11 is 0. The van der Waals surface area contributed by atoms with Gasteiger partial charge in [0.05, 0.1) is 11.1 Å². The van der Waals surface area contributed by atoms with Crippen LogP contribution in [-0.4, -0.2) is 69.3 Å². The first-order chi connectivity index (χ1) is 20.0. The fourth-order valence-electron chi connectivity index (χ4n) is 4.58. The first-order valence-electron chi connectivity index (χ1n) is 13.1. The second-order valence-corrected chi connectivity index (χ2v) is 10.1. The lowest BCUT2D eigenvalue weighted by Gasteiger charge is -2.33. The monoisotopic (exact) mass is 578 g/mol. The highest BCUT2D eigenvalue weighted by Gasteiger charge is 2.34. The molecule has 42 heavy (non-hydrogen) atoms. The zero-order chi connectivity index (χ0) is 30.0. The molecule has 1 aliphatic heterocycles. The van der Waals surface area contributed by atoms with Crippen molar-refractivity contribution < 1.29 is 27.2 Å². The van der Waals surface area contributed by atoms with Crippen molar-refractivity contribution in [1.82, 2.24) is 24.4 Å². The second-order valence-electron chi connectivity index (χ2n) is 10.1. The van der Waals surface area contributed by atoms with Gasteiger partial charge in [0.1, 0.15) is 5.82 Å². The molecular weight excluding hydrogens is 552 g/mol. The Morgan fingerprint density at radius 3 is 2.40 bits per heavy atom. The van der Waals surface area contributed by atoms with Crippen LogP contribution in [0.1, 0.15) is 50.2 Å². The van der Waals surface area contributed by atoms with Crippen LogP contribution in [0.15, 0.2) is 54.7 Å². The molecule has 1 fully saturated rings. The smallest absolute Gasteiger partial charge is 0.322 e. The molecule has 4 aromatic rings. The van der Waals surface area contributed by atoms with E-state index in [4.69, 9.17) is 0 Å². The molecule has 2 aromatic heterocycles. The molecule has 0 spiro atoms. The van der Waals surface area contributed by atoms with E-state index in [0.717, 1.165) is 25.2 Å². The van der Waals surface area contributed by atoms with Crippen LogP contribution in [0.25, 0.3) is 5.65 Å². The van der Waals surface area contributed by atoms with Crippen molar-refractivity contribution in [2.75, 3.05) is 38.5 Å². The van der Waals surface area contributed by atoms with Crippen molar-refractivity contribution in [2.45, 2.75) is 19.6 Å². The first-order valence-corrected chi connectivity index (χ1v) is 13.1. The van der Waals surface area contributed by atoms with E-state index in [1.54, 1.807) is 12.1 Å². The van der Waals surface area contributed by atoms with Crippen LogP contribution in [0.4, 0.5) is 23.2 Å². The number of anilines is 1. The number of likely N-dealkylation sites (N-methyl/N-ethyl adjacent to an activating group) is 1. The van der Waals surface area contributed by atoms with Gasteiger partial charge in [0.2, 0.25) is 5.82 Å². The molecule has 3 heterocycles. The lowest BCUT2D eigenvalue weighted by Crippen LogP contribution is -2.44. The van der Waals surface area contributed by atoms with E-state index in [1.807, 2.05) is 11.9 Å². The lowest BCUT2D eigenvalue weighted by atomic mass is 10.0. The Kier molecular flexibility index (Phi) is 8.06. The van der Waals surface area contributed by atoms with Gasteiger partial charge in [-0.05, 0) is 67.9 Å². The van der Waals surface area contributed by atoms with Crippen LogP contribution in [0.5, 0.6) is 0 Å². The third-order valence-corrected chi connectivity index (χ3v) is 7.01. The Morgan fingerprint density at radius 2 is 1.69 bits per heavy atom. The van der Waals surface area contributed by atoms with Crippen molar-refractivity contribution >= 4 is 23.0 Å². The number of alkyl halides is 3. The summed E-state index contributed by atoms with van der Waals surface area (Å²) in [5, 5.41) is 10.5. The summed E-state index contributed by atoms with van der Waals surface area (Å²) in [7, 11) is 1.97. The Bertz CT molecular complexity index is 1730. The highest BCUT2D eigenvalue weighted by molar-refractivity contribution is 6.04. The molecule has 0 atom stereocenters. The molecule has 216 valence electrons. The summed E-state index contributed by atoms with van der Waals surface area (Å²) < 4.78 is 57.9. The number of ketones is 1. The number of halogens is 4. The maximum Gasteiger partial charge on any atom is 0.416 e. The summed E-state index contributed by atoms with van der Waals surface area (Å²) in [5.74, 6) is 3.91. The van der Waals surface area contributed by atoms with E-state index in [0.29, 0.717) is 24.3 Å². The number of hydrogen-bond donors (Lipinski definition) is 1. The Labute approximate surface area is 238 Å². The Morgan fingerprint density at radius 1 is 0.952 bits per heavy atom. The van der Waals surface area contributed by atoms with E-state index in [9.17, 15) is 27.2 Å². The van der Waals surface area contributed by atoms with Gasteiger partial charge in [-0.1, -0.05) is 12.0 Å². The zero-order valence-electron chi connectivity index (χ0n) is 22.8. The van der Waals surface area contributed by atoms with E-state index < -0.39 is 23.5 Å². The number of rotatable bonds is 5. The topological polar surface area (TPSA) is 82.8 Å². The fraction of sp³-hybridized carbons (Fsp3) is 0.267. The van der Waals surface area contributed by atoms with Crippen LogP contribution in [0.2, 0.25) is 0 Å². The van der Waals surface area contributed by atoms with Crippen LogP contribution in [-0.2, 0) is 12.7 Å². The SMILES string of the molecule is CC(=O)c1ccc2nnc(C#Cc3cc(NC(=O)c4ccc(CN5CCN(C)CC5)c(C(F)(F)F)c4)ccc3F)n2c1. The maximum atomic E-state index is 14.6. The summed E-state index contributed by atoms with van der Waals surface area (Å²) in [6.45, 7) is 4.38. The molecule has 0 bridgehead atoms. The highest BCUT2D eigenvalue weighted by Crippen LogP contribution is 2.34. The Hall–Kier alpha value is -4.60. The second kappa shape index (κ2) is 11.7. The molecule has 0 aliphatic carbocycles. The zero-order valence-corrected chi connectivity index (χ0v) is 22.8. The van der Waals surface area contributed by atoms with Gasteiger partial charge in [0.25, 0.3) is 5.91 Å². The number of hydrogen-bond acceptors (Lipinski definition) is 6. The number of amides is 1. The van der Waals surface area contributed by atoms with Crippen LogP contribution in [0, 0.1) is 17.7 Å². The molecule has 8 nitrogen and oxygen atoms in total. The first kappa shape index (κ1) is 28.9. The number of nitrogens with one attached hydrogen (secondary N) is 1. The van der Waals surface area contributed by atoms with Crippen molar-refractivity contribution in [3.05, 3.63) is 94.2 Å². The minimum absolute atomic E-state index is 0.0780. The number of fused-ring (bicyclic) bond motifs is 1. The molecule has 2 aromatic carbocycles. The molecule has 0 radical (unpaired) electrons. The number of benzene rings is 2. The maximum absolute atomic E-state index is 14.6. The fourth-order valence-corrected chi connectivity index (χ4v) is 4.58. The van der Waals surface area contributed by atoms with E-state index >= 15 is 0 Å². The van der Waals surface area contributed by atoms with Crippen molar-refractivity contribution in [3.63, 3.8) is 0 Å². The summed E-state index contributed by atoms with van der Waals surface area (Å²) in [5.41, 5.74) is -0.0254. The quantitative estimate of drug-likeness (QED) is 0.214. The molecule has 1 amide bonds. The predicted molar refractivity (Wildman–Crippen MR) is 148 cm³/mol. The molecule has 1 N–H and O–H groups in total. The van der Waals surface area contributed by atoms with Gasteiger partial charge in [-0.25, -0.2) is 4.39 Å². The molecule has 12 heteroatoms. The minimum Gasteiger partial charge on any atom is -0.322 e. The number of Topliss-reactive ketones (excluding diaryl/α,β-unsaturated/α-hetero) is 1. The van der Waals surface area contributed by atoms with E-state index in [-0.39, 0.29) is 40.5 Å². The summed E-state index contributed by atoms with van der Waals surface area (Å²) in [4.78, 5) is 28.7. The van der Waals surface area contributed by atoms with Gasteiger partial charge in [0, 0.05) is 55.7 Å². The molecular formula is C30H26F4N6O2. The van der Waals surface area contributed by atoms with Gasteiger partial charge < -0.3 is 10.2 Å². The normalized spacial score (nSPS) is 14.4. The average molecular weight is 579 g/mol. The Balaban J connectivity index is 1.36. The van der Waals surface area contributed by atoms with Gasteiger partial charge in [-0.2, -0.15) is 13.2 Å². The number of aromatic nitrogens is 3.